The van der Waals surface area contributed by atoms with Crippen LogP contribution in [0.15, 0.2) is 18.2 Å². The molecule has 3 heteroatoms. The standard InChI is InChI=1S/C29H49NO2/c1-3-5-7-9-11-14-18-25-22-23-28(26(24-25)19-15-12-10-8-6-4-2)32-29(31)30-27-20-16-13-17-21-27/h22-24,27H,3-21H2,1-2H3,(H,30,31). The number of unbranched alkanes of at least 4 members (excludes halogenated alkanes) is 10. The molecular formula is C29H49NO2. The number of nitrogens with one attached hydrogen (secondary N) is 1. The van der Waals surface area contributed by atoms with Gasteiger partial charge in [-0.15, -0.1) is 0 Å². The van der Waals surface area contributed by atoms with Crippen LogP contribution < -0.4 is 10.1 Å². The lowest BCUT2D eigenvalue weighted by atomic mass is 9.96. The number of carbonyl (C=O) groups excluding carboxylic acids is 1. The molecule has 0 atom stereocenters. The molecule has 1 fully saturated rings. The highest BCUT2D eigenvalue weighted by Crippen LogP contribution is 2.25. The molecule has 0 radical (unpaired) electrons. The molecule has 1 aliphatic rings. The smallest absolute Gasteiger partial charge is 0.410 e. The van der Waals surface area contributed by atoms with Crippen molar-refractivity contribution in [2.24, 2.45) is 0 Å². The zero-order chi connectivity index (χ0) is 22.9. The van der Waals surface area contributed by atoms with Gasteiger partial charge in [0.1, 0.15) is 5.75 Å². The van der Waals surface area contributed by atoms with E-state index in [1.165, 1.54) is 107 Å². The quantitative estimate of drug-likeness (QED) is 0.259. The van der Waals surface area contributed by atoms with Crippen LogP contribution in [0.5, 0.6) is 5.75 Å². The van der Waals surface area contributed by atoms with Gasteiger partial charge in [-0.05, 0) is 55.7 Å². The second-order valence-electron chi connectivity index (χ2n) is 9.85. The Morgan fingerprint density at radius 1 is 0.812 bits per heavy atom. The SMILES string of the molecule is CCCCCCCCc1ccc(OC(=O)NC2CCCCC2)c(CCCCCCCC)c1. The highest BCUT2D eigenvalue weighted by molar-refractivity contribution is 5.71. The van der Waals surface area contributed by atoms with Crippen molar-refractivity contribution in [1.82, 2.24) is 5.32 Å². The molecule has 0 saturated heterocycles. The van der Waals surface area contributed by atoms with E-state index in [-0.39, 0.29) is 12.1 Å². The van der Waals surface area contributed by atoms with Crippen LogP contribution in [-0.4, -0.2) is 12.1 Å². The van der Waals surface area contributed by atoms with Gasteiger partial charge < -0.3 is 10.1 Å². The molecule has 1 aliphatic carbocycles. The van der Waals surface area contributed by atoms with Gasteiger partial charge in [0.15, 0.2) is 0 Å². The third kappa shape index (κ3) is 11.4. The molecule has 182 valence electrons. The Balaban J connectivity index is 1.88. The van der Waals surface area contributed by atoms with Gasteiger partial charge >= 0.3 is 6.09 Å². The summed E-state index contributed by atoms with van der Waals surface area (Å²) < 4.78 is 5.82. The number of carbonyl (C=O) groups is 1. The number of ether oxygens (including phenoxy) is 1. The minimum atomic E-state index is -0.273. The van der Waals surface area contributed by atoms with E-state index in [1.807, 2.05) is 6.07 Å². The summed E-state index contributed by atoms with van der Waals surface area (Å²) in [6.07, 6.45) is 23.4. The number of hydrogen-bond acceptors (Lipinski definition) is 2. The maximum absolute atomic E-state index is 12.5. The summed E-state index contributed by atoms with van der Waals surface area (Å²) in [5.41, 5.74) is 2.60. The Morgan fingerprint density at radius 2 is 1.41 bits per heavy atom. The molecule has 0 unspecified atom stereocenters. The van der Waals surface area contributed by atoms with Crippen molar-refractivity contribution in [1.29, 1.82) is 0 Å². The topological polar surface area (TPSA) is 38.3 Å². The van der Waals surface area contributed by atoms with Crippen LogP contribution in [-0.2, 0) is 12.8 Å². The minimum absolute atomic E-state index is 0.273. The number of aryl methyl sites for hydroxylation is 2. The molecule has 32 heavy (non-hydrogen) atoms. The normalized spacial score (nSPS) is 14.4. The third-order valence-electron chi connectivity index (χ3n) is 6.87. The third-order valence-corrected chi connectivity index (χ3v) is 6.87. The van der Waals surface area contributed by atoms with Crippen LogP contribution in [0.3, 0.4) is 0 Å². The molecule has 1 N–H and O–H groups in total. The van der Waals surface area contributed by atoms with E-state index in [0.29, 0.717) is 0 Å². The minimum Gasteiger partial charge on any atom is -0.410 e. The molecule has 0 bridgehead atoms. The molecule has 0 aromatic heterocycles. The van der Waals surface area contributed by atoms with Crippen LogP contribution in [0.25, 0.3) is 0 Å². The summed E-state index contributed by atoms with van der Waals surface area (Å²) in [5.74, 6) is 0.763. The van der Waals surface area contributed by atoms with Gasteiger partial charge in [0.25, 0.3) is 0 Å². The molecule has 0 spiro atoms. The molecule has 1 amide bonds. The van der Waals surface area contributed by atoms with Crippen LogP contribution in [0.2, 0.25) is 0 Å². The average molecular weight is 444 g/mol. The van der Waals surface area contributed by atoms with Crippen molar-refractivity contribution in [3.63, 3.8) is 0 Å². The second-order valence-corrected chi connectivity index (χ2v) is 9.85. The van der Waals surface area contributed by atoms with Crippen LogP contribution in [0, 0.1) is 0 Å². The van der Waals surface area contributed by atoms with Gasteiger partial charge in [-0.3, -0.25) is 0 Å². The average Bonchev–Trinajstić information content (AvgIpc) is 2.80. The lowest BCUT2D eigenvalue weighted by Crippen LogP contribution is -2.38. The molecule has 0 aliphatic heterocycles. The van der Waals surface area contributed by atoms with Crippen molar-refractivity contribution >= 4 is 6.09 Å². The van der Waals surface area contributed by atoms with Crippen molar-refractivity contribution in [3.8, 4) is 5.75 Å². The van der Waals surface area contributed by atoms with E-state index in [9.17, 15) is 4.79 Å². The van der Waals surface area contributed by atoms with Crippen molar-refractivity contribution in [2.45, 2.75) is 142 Å². The number of benzene rings is 1. The second kappa shape index (κ2) is 17.0. The van der Waals surface area contributed by atoms with Crippen molar-refractivity contribution < 1.29 is 9.53 Å². The molecule has 3 nitrogen and oxygen atoms in total. The van der Waals surface area contributed by atoms with Crippen molar-refractivity contribution in [3.05, 3.63) is 29.3 Å². The van der Waals surface area contributed by atoms with E-state index in [4.69, 9.17) is 4.74 Å². The lowest BCUT2D eigenvalue weighted by molar-refractivity contribution is 0.191. The fourth-order valence-corrected chi connectivity index (χ4v) is 4.83. The summed E-state index contributed by atoms with van der Waals surface area (Å²) in [6.45, 7) is 4.53. The Morgan fingerprint density at radius 3 is 2.06 bits per heavy atom. The van der Waals surface area contributed by atoms with E-state index in [0.717, 1.165) is 31.4 Å². The summed E-state index contributed by atoms with van der Waals surface area (Å²) in [7, 11) is 0. The van der Waals surface area contributed by atoms with E-state index >= 15 is 0 Å². The van der Waals surface area contributed by atoms with Crippen LogP contribution in [0.1, 0.15) is 134 Å². The first-order valence-electron chi connectivity index (χ1n) is 13.8. The molecule has 1 aromatic carbocycles. The lowest BCUT2D eigenvalue weighted by Gasteiger charge is -2.22. The van der Waals surface area contributed by atoms with E-state index in [1.54, 1.807) is 0 Å². The van der Waals surface area contributed by atoms with Gasteiger partial charge in [0.05, 0.1) is 0 Å². The number of amides is 1. The van der Waals surface area contributed by atoms with Gasteiger partial charge in [-0.1, -0.05) is 109 Å². The molecular weight excluding hydrogens is 394 g/mol. The van der Waals surface area contributed by atoms with Gasteiger partial charge in [0, 0.05) is 6.04 Å². The fourth-order valence-electron chi connectivity index (χ4n) is 4.83. The Bertz CT molecular complexity index is 622. The van der Waals surface area contributed by atoms with Gasteiger partial charge in [-0.25, -0.2) is 4.79 Å². The van der Waals surface area contributed by atoms with E-state index in [2.05, 4.69) is 31.3 Å². The summed E-state index contributed by atoms with van der Waals surface area (Å²) in [6, 6.07) is 6.80. The number of rotatable bonds is 16. The van der Waals surface area contributed by atoms with E-state index < -0.39 is 0 Å². The van der Waals surface area contributed by atoms with Gasteiger partial charge in [-0.2, -0.15) is 0 Å². The summed E-state index contributed by atoms with van der Waals surface area (Å²) in [5, 5.41) is 3.10. The number of hydrogen-bond donors (Lipinski definition) is 1. The zero-order valence-electron chi connectivity index (χ0n) is 21.1. The zero-order valence-corrected chi connectivity index (χ0v) is 21.1. The van der Waals surface area contributed by atoms with Crippen LogP contribution >= 0.6 is 0 Å². The Kier molecular flexibility index (Phi) is 14.2. The molecule has 1 saturated carbocycles. The maximum atomic E-state index is 12.5. The van der Waals surface area contributed by atoms with Gasteiger partial charge in [0.2, 0.25) is 0 Å². The summed E-state index contributed by atoms with van der Waals surface area (Å²) >= 11 is 0. The first kappa shape index (κ1) is 26.7. The highest BCUT2D eigenvalue weighted by Gasteiger charge is 2.18. The molecule has 1 aromatic rings. The summed E-state index contributed by atoms with van der Waals surface area (Å²) in [4.78, 5) is 12.5. The maximum Gasteiger partial charge on any atom is 0.412 e. The van der Waals surface area contributed by atoms with Crippen molar-refractivity contribution in [2.75, 3.05) is 0 Å². The first-order chi connectivity index (χ1) is 15.7. The highest BCUT2D eigenvalue weighted by atomic mass is 16.6. The Labute approximate surface area is 198 Å². The predicted molar refractivity (Wildman–Crippen MR) is 137 cm³/mol. The first-order valence-corrected chi connectivity index (χ1v) is 13.8. The molecule has 0 heterocycles. The predicted octanol–water partition coefficient (Wildman–Crippen LogP) is 8.91. The largest absolute Gasteiger partial charge is 0.412 e. The monoisotopic (exact) mass is 443 g/mol. The fraction of sp³-hybridized carbons (Fsp3) is 0.759. The Hall–Kier alpha value is -1.51. The van der Waals surface area contributed by atoms with Crippen LogP contribution in [0.4, 0.5) is 4.79 Å². The molecule has 2 rings (SSSR count).